The number of hydrogen-bond acceptors (Lipinski definition) is 4. The number of thiazole rings is 1. The standard InChI is InChI=1S/C10H19N3S/c1-5-8-9(6-11-2)14-10(12-8)7-13(3)4/h11H,5-7H2,1-4H3. The molecule has 0 saturated heterocycles. The Kier molecular flexibility index (Phi) is 4.51. The molecule has 0 saturated carbocycles. The van der Waals surface area contributed by atoms with E-state index < -0.39 is 0 Å². The predicted octanol–water partition coefficient (Wildman–Crippen LogP) is 1.49. The molecule has 1 aromatic rings. The summed E-state index contributed by atoms with van der Waals surface area (Å²) in [4.78, 5) is 8.16. The average molecular weight is 213 g/mol. The quantitative estimate of drug-likeness (QED) is 0.803. The number of nitrogens with one attached hydrogen (secondary N) is 1. The van der Waals surface area contributed by atoms with Gasteiger partial charge in [-0.25, -0.2) is 4.98 Å². The Morgan fingerprint density at radius 3 is 2.64 bits per heavy atom. The van der Waals surface area contributed by atoms with Gasteiger partial charge in [0.1, 0.15) is 5.01 Å². The van der Waals surface area contributed by atoms with E-state index in [1.165, 1.54) is 15.6 Å². The van der Waals surface area contributed by atoms with Crippen molar-refractivity contribution in [2.75, 3.05) is 21.1 Å². The van der Waals surface area contributed by atoms with Crippen LogP contribution < -0.4 is 5.32 Å². The Morgan fingerprint density at radius 1 is 1.43 bits per heavy atom. The van der Waals surface area contributed by atoms with Crippen molar-refractivity contribution in [2.45, 2.75) is 26.4 Å². The summed E-state index contributed by atoms with van der Waals surface area (Å²) < 4.78 is 0. The summed E-state index contributed by atoms with van der Waals surface area (Å²) >= 11 is 1.82. The van der Waals surface area contributed by atoms with Gasteiger partial charge in [0.15, 0.2) is 0 Å². The maximum Gasteiger partial charge on any atom is 0.107 e. The van der Waals surface area contributed by atoms with Gasteiger partial charge in [-0.2, -0.15) is 0 Å². The van der Waals surface area contributed by atoms with Crippen LogP contribution in [0.1, 0.15) is 22.5 Å². The summed E-state index contributed by atoms with van der Waals surface area (Å²) in [7, 11) is 6.13. The molecule has 0 unspecified atom stereocenters. The molecule has 0 radical (unpaired) electrons. The zero-order valence-electron chi connectivity index (χ0n) is 9.42. The van der Waals surface area contributed by atoms with Crippen LogP contribution in [0.2, 0.25) is 0 Å². The molecule has 14 heavy (non-hydrogen) atoms. The van der Waals surface area contributed by atoms with Crippen LogP contribution in [0.15, 0.2) is 0 Å². The molecule has 3 nitrogen and oxygen atoms in total. The first-order valence-electron chi connectivity index (χ1n) is 4.94. The van der Waals surface area contributed by atoms with Gasteiger partial charge in [-0.3, -0.25) is 0 Å². The van der Waals surface area contributed by atoms with Gasteiger partial charge in [0.25, 0.3) is 0 Å². The molecule has 80 valence electrons. The lowest BCUT2D eigenvalue weighted by Crippen LogP contribution is -2.10. The highest BCUT2D eigenvalue weighted by Gasteiger charge is 2.09. The van der Waals surface area contributed by atoms with Crippen molar-refractivity contribution in [2.24, 2.45) is 0 Å². The highest BCUT2D eigenvalue weighted by atomic mass is 32.1. The predicted molar refractivity (Wildman–Crippen MR) is 61.6 cm³/mol. The van der Waals surface area contributed by atoms with Gasteiger partial charge >= 0.3 is 0 Å². The molecule has 1 aromatic heterocycles. The topological polar surface area (TPSA) is 28.2 Å². The first-order valence-corrected chi connectivity index (χ1v) is 5.75. The number of rotatable bonds is 5. The van der Waals surface area contributed by atoms with Crippen LogP contribution in [0.5, 0.6) is 0 Å². The highest BCUT2D eigenvalue weighted by molar-refractivity contribution is 7.11. The molecule has 0 aliphatic rings. The molecule has 0 aliphatic carbocycles. The van der Waals surface area contributed by atoms with Crippen LogP contribution in [0.3, 0.4) is 0 Å². The summed E-state index contributed by atoms with van der Waals surface area (Å²) in [5, 5.41) is 4.40. The number of hydrogen-bond donors (Lipinski definition) is 1. The van der Waals surface area contributed by atoms with Gasteiger partial charge < -0.3 is 10.2 Å². The molecule has 0 atom stereocenters. The number of aromatic nitrogens is 1. The van der Waals surface area contributed by atoms with Crippen molar-refractivity contribution in [3.63, 3.8) is 0 Å². The second-order valence-electron chi connectivity index (χ2n) is 3.60. The lowest BCUT2D eigenvalue weighted by atomic mass is 10.3. The molecule has 1 N–H and O–H groups in total. The largest absolute Gasteiger partial charge is 0.315 e. The Bertz CT molecular complexity index is 281. The molecular formula is C10H19N3S. The van der Waals surface area contributed by atoms with Crippen LogP contribution in [0.25, 0.3) is 0 Å². The smallest absolute Gasteiger partial charge is 0.107 e. The van der Waals surface area contributed by atoms with E-state index in [0.717, 1.165) is 19.5 Å². The van der Waals surface area contributed by atoms with Gasteiger partial charge in [0, 0.05) is 18.0 Å². The Morgan fingerprint density at radius 2 is 2.14 bits per heavy atom. The SMILES string of the molecule is CCc1nc(CN(C)C)sc1CNC. The van der Waals surface area contributed by atoms with E-state index in [1.54, 1.807) is 0 Å². The molecule has 1 heterocycles. The fraction of sp³-hybridized carbons (Fsp3) is 0.700. The molecule has 0 amide bonds. The van der Waals surface area contributed by atoms with Gasteiger partial charge in [-0.05, 0) is 27.6 Å². The summed E-state index contributed by atoms with van der Waals surface area (Å²) in [6.45, 7) is 4.04. The van der Waals surface area contributed by atoms with Gasteiger partial charge in [0.05, 0.1) is 5.69 Å². The first-order chi connectivity index (χ1) is 6.67. The Balaban J connectivity index is 2.77. The molecule has 0 bridgehead atoms. The van der Waals surface area contributed by atoms with Gasteiger partial charge in [0.2, 0.25) is 0 Å². The maximum absolute atomic E-state index is 4.62. The van der Waals surface area contributed by atoms with E-state index in [2.05, 4.69) is 36.2 Å². The molecule has 4 heteroatoms. The number of nitrogens with zero attached hydrogens (tertiary/aromatic N) is 2. The van der Waals surface area contributed by atoms with Crippen molar-refractivity contribution in [1.29, 1.82) is 0 Å². The first kappa shape index (κ1) is 11.6. The highest BCUT2D eigenvalue weighted by Crippen LogP contribution is 2.19. The molecule has 0 fully saturated rings. The van der Waals surface area contributed by atoms with E-state index in [0.29, 0.717) is 0 Å². The summed E-state index contributed by atoms with van der Waals surface area (Å²) in [6.07, 6.45) is 1.03. The van der Waals surface area contributed by atoms with Crippen LogP contribution in [0.4, 0.5) is 0 Å². The van der Waals surface area contributed by atoms with Crippen molar-refractivity contribution >= 4 is 11.3 Å². The van der Waals surface area contributed by atoms with Crippen LogP contribution in [0, 0.1) is 0 Å². The lowest BCUT2D eigenvalue weighted by molar-refractivity contribution is 0.401. The van der Waals surface area contributed by atoms with E-state index >= 15 is 0 Å². The zero-order chi connectivity index (χ0) is 10.6. The third kappa shape index (κ3) is 3.04. The van der Waals surface area contributed by atoms with Crippen molar-refractivity contribution in [3.8, 4) is 0 Å². The summed E-state index contributed by atoms with van der Waals surface area (Å²) in [6, 6.07) is 0. The fourth-order valence-electron chi connectivity index (χ4n) is 1.35. The molecular weight excluding hydrogens is 194 g/mol. The summed E-state index contributed by atoms with van der Waals surface area (Å²) in [5.74, 6) is 0. The molecule has 0 aromatic carbocycles. The fourth-order valence-corrected chi connectivity index (χ4v) is 2.64. The van der Waals surface area contributed by atoms with E-state index in [1.807, 2.05) is 18.4 Å². The molecule has 0 spiro atoms. The third-order valence-electron chi connectivity index (χ3n) is 1.95. The minimum absolute atomic E-state index is 0.939. The van der Waals surface area contributed by atoms with Crippen molar-refractivity contribution < 1.29 is 0 Å². The van der Waals surface area contributed by atoms with Crippen LogP contribution in [-0.2, 0) is 19.5 Å². The normalized spacial score (nSPS) is 11.2. The summed E-state index contributed by atoms with van der Waals surface area (Å²) in [5.41, 5.74) is 1.25. The minimum atomic E-state index is 0.939. The monoisotopic (exact) mass is 213 g/mol. The zero-order valence-corrected chi connectivity index (χ0v) is 10.2. The van der Waals surface area contributed by atoms with E-state index in [4.69, 9.17) is 0 Å². The van der Waals surface area contributed by atoms with Crippen LogP contribution in [-0.4, -0.2) is 31.0 Å². The molecule has 0 aliphatic heterocycles. The van der Waals surface area contributed by atoms with Crippen LogP contribution >= 0.6 is 11.3 Å². The van der Waals surface area contributed by atoms with Gasteiger partial charge in [-0.15, -0.1) is 11.3 Å². The third-order valence-corrected chi connectivity index (χ3v) is 3.03. The Labute approximate surface area is 90.2 Å². The van der Waals surface area contributed by atoms with Crippen molar-refractivity contribution in [1.82, 2.24) is 15.2 Å². The number of aryl methyl sites for hydroxylation is 1. The van der Waals surface area contributed by atoms with Crippen molar-refractivity contribution in [3.05, 3.63) is 15.6 Å². The molecule has 1 rings (SSSR count). The van der Waals surface area contributed by atoms with E-state index in [-0.39, 0.29) is 0 Å². The Hall–Kier alpha value is -0.450. The lowest BCUT2D eigenvalue weighted by Gasteiger charge is -2.04. The second-order valence-corrected chi connectivity index (χ2v) is 4.77. The maximum atomic E-state index is 4.62. The van der Waals surface area contributed by atoms with Gasteiger partial charge in [-0.1, -0.05) is 6.92 Å². The minimum Gasteiger partial charge on any atom is -0.315 e. The average Bonchev–Trinajstić information content (AvgIpc) is 2.47. The van der Waals surface area contributed by atoms with E-state index in [9.17, 15) is 0 Å². The second kappa shape index (κ2) is 5.44.